The minimum Gasteiger partial charge on any atom is -0.454 e. The van der Waals surface area contributed by atoms with E-state index >= 15 is 0 Å². The lowest BCUT2D eigenvalue weighted by atomic mass is 9.76. The van der Waals surface area contributed by atoms with Crippen molar-refractivity contribution in [3.63, 3.8) is 0 Å². The van der Waals surface area contributed by atoms with Crippen molar-refractivity contribution in [1.82, 2.24) is 0 Å². The summed E-state index contributed by atoms with van der Waals surface area (Å²) >= 11 is 0. The Hall–Kier alpha value is -3.39. The van der Waals surface area contributed by atoms with Crippen LogP contribution >= 0.6 is 0 Å². The normalized spacial score (nSPS) is 21.9. The molecule has 2 nitrogen and oxygen atoms in total. The summed E-state index contributed by atoms with van der Waals surface area (Å²) < 4.78 is 54.8. The van der Waals surface area contributed by atoms with Gasteiger partial charge in [0.1, 0.15) is 18.2 Å². The van der Waals surface area contributed by atoms with Crippen molar-refractivity contribution in [2.75, 3.05) is 0 Å². The van der Waals surface area contributed by atoms with Gasteiger partial charge in [0.15, 0.2) is 6.20 Å². The quantitative estimate of drug-likeness (QED) is 0.230. The standard InChI is InChI=1S/C35H36NO/c1-23-18-19-31-30-16-10-15-29(34(30)37-35(31)33(23)32-17-8-9-22-36(32)2)28-21-20-25(24-11-4-3-5-12-24)26-13-6-7-14-27(26)28/h8-10,15-22,24H,3-7,11-14H2,1-2H3/q+1/i13D2,14D2,24D. The van der Waals surface area contributed by atoms with Gasteiger partial charge in [0, 0.05) is 35.3 Å². The molecule has 0 aliphatic heterocycles. The first-order valence-corrected chi connectivity index (χ1v) is 13.6. The second-order valence-electron chi connectivity index (χ2n) is 10.5. The van der Waals surface area contributed by atoms with Gasteiger partial charge in [-0.3, -0.25) is 0 Å². The lowest BCUT2D eigenvalue weighted by Gasteiger charge is -2.29. The number of benzene rings is 3. The van der Waals surface area contributed by atoms with Crippen LogP contribution in [0.25, 0.3) is 44.3 Å². The number of aryl methyl sites for hydroxylation is 2. The summed E-state index contributed by atoms with van der Waals surface area (Å²) in [6, 6.07) is 20.2. The van der Waals surface area contributed by atoms with Crippen molar-refractivity contribution in [1.29, 1.82) is 0 Å². The van der Waals surface area contributed by atoms with Crippen LogP contribution in [0.5, 0.6) is 0 Å². The number of fused-ring (bicyclic) bond motifs is 4. The number of hydrogen-bond donors (Lipinski definition) is 0. The van der Waals surface area contributed by atoms with Gasteiger partial charge >= 0.3 is 0 Å². The molecule has 2 heterocycles. The highest BCUT2D eigenvalue weighted by molar-refractivity contribution is 6.13. The monoisotopic (exact) mass is 491 g/mol. The Morgan fingerprint density at radius 3 is 2.43 bits per heavy atom. The Kier molecular flexibility index (Phi) is 4.45. The predicted octanol–water partition coefficient (Wildman–Crippen LogP) is 8.98. The fraction of sp³-hybridized carbons (Fsp3) is 0.343. The summed E-state index contributed by atoms with van der Waals surface area (Å²) in [5.41, 5.74) is 7.51. The topological polar surface area (TPSA) is 17.0 Å². The largest absolute Gasteiger partial charge is 0.454 e. The SMILES string of the molecule is [2H]C1([2H])CCC([2H])([2H])c2c(C3([2H])CCCCC3)ccc(-c3cccc4c3oc3c(-c5cccc[n+]5C)c(C)ccc34)c21. The average molecular weight is 492 g/mol. The van der Waals surface area contributed by atoms with Gasteiger partial charge < -0.3 is 4.42 Å². The lowest BCUT2D eigenvalue weighted by Crippen LogP contribution is -2.30. The highest BCUT2D eigenvalue weighted by Crippen LogP contribution is 2.44. The van der Waals surface area contributed by atoms with E-state index in [1.54, 1.807) is 0 Å². The van der Waals surface area contributed by atoms with E-state index in [4.69, 9.17) is 9.90 Å². The van der Waals surface area contributed by atoms with Gasteiger partial charge in [-0.1, -0.05) is 61.7 Å². The third kappa shape index (κ3) is 3.72. The van der Waals surface area contributed by atoms with Gasteiger partial charge in [-0.2, -0.15) is 0 Å². The van der Waals surface area contributed by atoms with Crippen LogP contribution < -0.4 is 4.57 Å². The number of aromatic nitrogens is 1. The van der Waals surface area contributed by atoms with Gasteiger partial charge in [0.25, 0.3) is 0 Å². The van der Waals surface area contributed by atoms with Gasteiger partial charge in [0.2, 0.25) is 5.69 Å². The first-order valence-electron chi connectivity index (χ1n) is 16.1. The molecule has 0 saturated heterocycles. The summed E-state index contributed by atoms with van der Waals surface area (Å²) in [6.45, 7) is 2.09. The third-order valence-corrected chi connectivity index (χ3v) is 8.25. The van der Waals surface area contributed by atoms with Crippen LogP contribution in [0.1, 0.15) is 79.9 Å². The third-order valence-electron chi connectivity index (χ3n) is 8.25. The summed E-state index contributed by atoms with van der Waals surface area (Å²) in [5.74, 6) is -0.898. The molecule has 2 heteroatoms. The molecule has 1 saturated carbocycles. The van der Waals surface area contributed by atoms with E-state index in [9.17, 15) is 1.37 Å². The highest BCUT2D eigenvalue weighted by atomic mass is 16.3. The Labute approximate surface area is 227 Å². The molecule has 0 radical (unpaired) electrons. The van der Waals surface area contributed by atoms with Crippen molar-refractivity contribution in [3.8, 4) is 22.4 Å². The van der Waals surface area contributed by atoms with Crippen molar-refractivity contribution in [3.05, 3.63) is 89.1 Å². The molecule has 2 aromatic heterocycles. The zero-order valence-corrected chi connectivity index (χ0v) is 21.7. The van der Waals surface area contributed by atoms with E-state index in [2.05, 4.69) is 29.7 Å². The maximum absolute atomic E-state index is 9.42. The van der Waals surface area contributed by atoms with Gasteiger partial charge in [-0.15, -0.1) is 0 Å². The average Bonchev–Trinajstić information content (AvgIpc) is 3.35. The molecule has 1 fully saturated rings. The smallest absolute Gasteiger partial charge is 0.216 e. The van der Waals surface area contributed by atoms with Gasteiger partial charge in [-0.05, 0) is 85.1 Å². The van der Waals surface area contributed by atoms with E-state index in [1.165, 1.54) is 0 Å². The maximum Gasteiger partial charge on any atom is 0.216 e. The molecule has 2 aliphatic rings. The highest BCUT2D eigenvalue weighted by Gasteiger charge is 2.26. The van der Waals surface area contributed by atoms with Gasteiger partial charge in [0.05, 0.1) is 5.56 Å². The minimum atomic E-state index is -1.73. The molecule has 0 spiro atoms. The second-order valence-corrected chi connectivity index (χ2v) is 10.5. The summed E-state index contributed by atoms with van der Waals surface area (Å²) in [4.78, 5) is 0. The van der Waals surface area contributed by atoms with Crippen LogP contribution in [-0.2, 0) is 19.8 Å². The molecular formula is C35H36NO+. The Balaban J connectivity index is 1.54. The van der Waals surface area contributed by atoms with Crippen molar-refractivity contribution < 1.29 is 15.8 Å². The molecule has 0 atom stereocenters. The van der Waals surface area contributed by atoms with E-state index in [0.29, 0.717) is 40.7 Å². The minimum absolute atomic E-state index is 0.0956. The maximum atomic E-state index is 9.42. The van der Waals surface area contributed by atoms with Gasteiger partial charge in [-0.25, -0.2) is 4.57 Å². The first-order chi connectivity index (χ1) is 20.0. The zero-order chi connectivity index (χ0) is 29.4. The van der Waals surface area contributed by atoms with Crippen LogP contribution in [0.15, 0.2) is 71.3 Å². The van der Waals surface area contributed by atoms with Crippen LogP contribution in [0.3, 0.4) is 0 Å². The molecule has 2 aliphatic carbocycles. The van der Waals surface area contributed by atoms with Crippen LogP contribution in [0.2, 0.25) is 0 Å². The number of rotatable bonds is 3. The molecule has 3 aromatic carbocycles. The fourth-order valence-electron chi connectivity index (χ4n) is 6.39. The number of furan rings is 1. The summed E-state index contributed by atoms with van der Waals surface area (Å²) in [6.07, 6.45) is 3.10. The summed E-state index contributed by atoms with van der Waals surface area (Å²) in [5, 5.41) is 1.94. The van der Waals surface area contributed by atoms with E-state index in [-0.39, 0.29) is 12.8 Å². The predicted molar refractivity (Wildman–Crippen MR) is 153 cm³/mol. The van der Waals surface area contributed by atoms with Crippen LogP contribution in [0, 0.1) is 6.92 Å². The lowest BCUT2D eigenvalue weighted by molar-refractivity contribution is -0.660. The molecule has 0 unspecified atom stereocenters. The molecule has 0 amide bonds. The Bertz CT molecular complexity index is 1870. The van der Waals surface area contributed by atoms with Crippen molar-refractivity contribution >= 4 is 21.9 Å². The van der Waals surface area contributed by atoms with Crippen molar-refractivity contribution in [2.24, 2.45) is 7.05 Å². The number of para-hydroxylation sites is 1. The van der Waals surface area contributed by atoms with Crippen LogP contribution in [-0.4, -0.2) is 0 Å². The van der Waals surface area contributed by atoms with Crippen molar-refractivity contribution in [2.45, 2.75) is 70.5 Å². The number of nitrogens with zero attached hydrogens (tertiary/aromatic N) is 1. The van der Waals surface area contributed by atoms with Crippen LogP contribution in [0.4, 0.5) is 0 Å². The molecule has 186 valence electrons. The van der Waals surface area contributed by atoms with E-state index in [1.807, 2.05) is 55.7 Å². The molecule has 37 heavy (non-hydrogen) atoms. The number of hydrogen-bond acceptors (Lipinski definition) is 1. The molecule has 7 rings (SSSR count). The Morgan fingerprint density at radius 2 is 1.59 bits per heavy atom. The summed E-state index contributed by atoms with van der Waals surface area (Å²) in [7, 11) is 2.02. The molecule has 0 N–H and O–H groups in total. The number of pyridine rings is 1. The Morgan fingerprint density at radius 1 is 0.784 bits per heavy atom. The van der Waals surface area contributed by atoms with E-state index in [0.717, 1.165) is 58.0 Å². The molecule has 0 bridgehead atoms. The van der Waals surface area contributed by atoms with E-state index < -0.39 is 18.6 Å². The molecular weight excluding hydrogens is 450 g/mol. The second kappa shape index (κ2) is 9.17. The zero-order valence-electron chi connectivity index (χ0n) is 26.7. The first kappa shape index (κ1) is 18.0. The molecule has 5 aromatic rings. The fourth-order valence-corrected chi connectivity index (χ4v) is 6.39.